The van der Waals surface area contributed by atoms with Gasteiger partial charge in [0.2, 0.25) is 0 Å². The fourth-order valence-electron chi connectivity index (χ4n) is 1.50. The first-order valence-corrected chi connectivity index (χ1v) is 5.56. The van der Waals surface area contributed by atoms with Crippen LogP contribution in [0.2, 0.25) is 0 Å². The zero-order valence-corrected chi connectivity index (χ0v) is 9.38. The van der Waals surface area contributed by atoms with Crippen molar-refractivity contribution in [3.05, 3.63) is 41.9 Å². The Morgan fingerprint density at radius 1 is 1.27 bits per heavy atom. The first-order valence-electron chi connectivity index (χ1n) is 5.02. The minimum atomic E-state index is 0.424. The number of aromatic amines is 1. The molecule has 0 amide bonds. The van der Waals surface area contributed by atoms with E-state index in [2.05, 4.69) is 41.2 Å². The summed E-state index contributed by atoms with van der Waals surface area (Å²) < 4.78 is 0. The van der Waals surface area contributed by atoms with Crippen LogP contribution in [0.4, 0.5) is 0 Å². The summed E-state index contributed by atoms with van der Waals surface area (Å²) in [4.78, 5) is 7.34. The average molecular weight is 221 g/mol. The number of nitrogens with one attached hydrogen (secondary N) is 1. The predicted molar refractivity (Wildman–Crippen MR) is 63.0 cm³/mol. The molecule has 2 aromatic rings. The van der Waals surface area contributed by atoms with Crippen molar-refractivity contribution in [2.24, 2.45) is 0 Å². The van der Waals surface area contributed by atoms with Crippen molar-refractivity contribution in [3.63, 3.8) is 0 Å². The molecular weight excluding hydrogens is 208 g/mol. The molecule has 0 radical (unpaired) electrons. The van der Waals surface area contributed by atoms with Gasteiger partial charge in [-0.25, -0.2) is 4.98 Å². The van der Waals surface area contributed by atoms with E-state index in [0.29, 0.717) is 5.88 Å². The summed E-state index contributed by atoms with van der Waals surface area (Å²) in [6, 6.07) is 8.47. The molecule has 0 spiro atoms. The largest absolute Gasteiger partial charge is 0.341 e. The molecule has 0 atom stereocenters. The van der Waals surface area contributed by atoms with Gasteiger partial charge in [0.1, 0.15) is 5.82 Å². The third-order valence-electron chi connectivity index (χ3n) is 2.43. The van der Waals surface area contributed by atoms with Crippen molar-refractivity contribution in [1.29, 1.82) is 0 Å². The molecule has 0 fully saturated rings. The van der Waals surface area contributed by atoms with Crippen LogP contribution in [-0.2, 0) is 12.3 Å². The number of benzene rings is 1. The zero-order chi connectivity index (χ0) is 10.7. The Balaban J connectivity index is 2.28. The van der Waals surface area contributed by atoms with Gasteiger partial charge in [0.15, 0.2) is 0 Å². The smallest absolute Gasteiger partial charge is 0.121 e. The van der Waals surface area contributed by atoms with Crippen molar-refractivity contribution < 1.29 is 0 Å². The van der Waals surface area contributed by atoms with E-state index in [9.17, 15) is 0 Å². The zero-order valence-electron chi connectivity index (χ0n) is 8.63. The van der Waals surface area contributed by atoms with Gasteiger partial charge >= 0.3 is 0 Å². The summed E-state index contributed by atoms with van der Waals surface area (Å²) >= 11 is 5.68. The highest BCUT2D eigenvalue weighted by molar-refractivity contribution is 6.16. The van der Waals surface area contributed by atoms with Crippen molar-refractivity contribution in [2.75, 3.05) is 0 Å². The molecule has 0 aliphatic rings. The van der Waals surface area contributed by atoms with Crippen LogP contribution in [0.5, 0.6) is 0 Å². The number of aromatic nitrogens is 2. The van der Waals surface area contributed by atoms with Crippen LogP contribution in [0.25, 0.3) is 11.3 Å². The van der Waals surface area contributed by atoms with Gasteiger partial charge in [-0.15, -0.1) is 11.6 Å². The highest BCUT2D eigenvalue weighted by Gasteiger charge is 2.01. The topological polar surface area (TPSA) is 28.7 Å². The Kier molecular flexibility index (Phi) is 3.07. The van der Waals surface area contributed by atoms with Crippen molar-refractivity contribution in [3.8, 4) is 11.3 Å². The highest BCUT2D eigenvalue weighted by Crippen LogP contribution is 2.18. The molecule has 0 bridgehead atoms. The first kappa shape index (κ1) is 10.2. The summed E-state index contributed by atoms with van der Waals surface area (Å²) in [7, 11) is 0. The number of H-pyrrole nitrogens is 1. The molecule has 0 aliphatic heterocycles. The van der Waals surface area contributed by atoms with Gasteiger partial charge in [-0.1, -0.05) is 31.2 Å². The van der Waals surface area contributed by atoms with Crippen LogP contribution in [0.15, 0.2) is 30.5 Å². The van der Waals surface area contributed by atoms with E-state index in [1.165, 1.54) is 5.56 Å². The molecule has 0 unspecified atom stereocenters. The normalized spacial score (nSPS) is 10.5. The second-order valence-electron chi connectivity index (χ2n) is 3.43. The lowest BCUT2D eigenvalue weighted by atomic mass is 10.1. The van der Waals surface area contributed by atoms with E-state index in [1.807, 2.05) is 6.20 Å². The fourth-order valence-corrected chi connectivity index (χ4v) is 1.63. The van der Waals surface area contributed by atoms with Gasteiger partial charge in [-0.05, 0) is 17.5 Å². The SMILES string of the molecule is CCc1ccc(-c2cnc(CCl)[nH]2)cc1. The molecule has 3 heteroatoms. The highest BCUT2D eigenvalue weighted by atomic mass is 35.5. The molecular formula is C12H13ClN2. The summed E-state index contributed by atoms with van der Waals surface area (Å²) in [5.41, 5.74) is 3.51. The lowest BCUT2D eigenvalue weighted by molar-refractivity contribution is 1.12. The number of rotatable bonds is 3. The minimum Gasteiger partial charge on any atom is -0.341 e. The summed E-state index contributed by atoms with van der Waals surface area (Å²) in [5, 5.41) is 0. The molecule has 15 heavy (non-hydrogen) atoms. The van der Waals surface area contributed by atoms with Crippen LogP contribution >= 0.6 is 11.6 Å². The van der Waals surface area contributed by atoms with E-state index in [1.54, 1.807) is 0 Å². The van der Waals surface area contributed by atoms with Crippen LogP contribution in [-0.4, -0.2) is 9.97 Å². The van der Waals surface area contributed by atoms with E-state index >= 15 is 0 Å². The third kappa shape index (κ3) is 2.21. The van der Waals surface area contributed by atoms with Crippen molar-refractivity contribution in [1.82, 2.24) is 9.97 Å². The maximum absolute atomic E-state index is 5.68. The fraction of sp³-hybridized carbons (Fsp3) is 0.250. The molecule has 0 aliphatic carbocycles. The van der Waals surface area contributed by atoms with Gasteiger partial charge in [-0.2, -0.15) is 0 Å². The standard InChI is InChI=1S/C12H13ClN2/c1-2-9-3-5-10(6-4-9)11-8-14-12(7-13)15-11/h3-6,8H,2,7H2,1H3,(H,14,15). The number of aryl methyl sites for hydroxylation is 1. The number of hydrogen-bond acceptors (Lipinski definition) is 1. The molecule has 78 valence electrons. The monoisotopic (exact) mass is 220 g/mol. The van der Waals surface area contributed by atoms with Crippen LogP contribution in [0, 0.1) is 0 Å². The van der Waals surface area contributed by atoms with Gasteiger partial charge < -0.3 is 4.98 Å². The van der Waals surface area contributed by atoms with Crippen LogP contribution in [0.1, 0.15) is 18.3 Å². The number of halogens is 1. The summed E-state index contributed by atoms with van der Waals surface area (Å²) in [5.74, 6) is 1.23. The van der Waals surface area contributed by atoms with Gasteiger partial charge in [0, 0.05) is 0 Å². The molecule has 1 N–H and O–H groups in total. The van der Waals surface area contributed by atoms with Crippen LogP contribution < -0.4 is 0 Å². The second-order valence-corrected chi connectivity index (χ2v) is 3.69. The summed E-state index contributed by atoms with van der Waals surface area (Å²) in [6.45, 7) is 2.15. The van der Waals surface area contributed by atoms with Gasteiger partial charge in [0.05, 0.1) is 17.8 Å². The Labute approximate surface area is 94.3 Å². The Hall–Kier alpha value is -1.28. The van der Waals surface area contributed by atoms with Crippen molar-refractivity contribution >= 4 is 11.6 Å². The molecule has 1 aromatic heterocycles. The predicted octanol–water partition coefficient (Wildman–Crippen LogP) is 3.38. The van der Waals surface area contributed by atoms with E-state index < -0.39 is 0 Å². The maximum atomic E-state index is 5.68. The lowest BCUT2D eigenvalue weighted by Crippen LogP contribution is -1.82. The summed E-state index contributed by atoms with van der Waals surface area (Å²) in [6.07, 6.45) is 2.88. The van der Waals surface area contributed by atoms with Gasteiger partial charge in [-0.3, -0.25) is 0 Å². The van der Waals surface area contributed by atoms with Crippen LogP contribution in [0.3, 0.4) is 0 Å². The van der Waals surface area contributed by atoms with E-state index in [4.69, 9.17) is 11.6 Å². The van der Waals surface area contributed by atoms with Gasteiger partial charge in [0.25, 0.3) is 0 Å². The second kappa shape index (κ2) is 4.49. The number of hydrogen-bond donors (Lipinski definition) is 1. The molecule has 2 nitrogen and oxygen atoms in total. The molecule has 0 saturated heterocycles. The number of imidazole rings is 1. The average Bonchev–Trinajstić information content (AvgIpc) is 2.78. The van der Waals surface area contributed by atoms with E-state index in [-0.39, 0.29) is 0 Å². The Morgan fingerprint density at radius 3 is 2.53 bits per heavy atom. The molecule has 2 rings (SSSR count). The number of alkyl halides is 1. The third-order valence-corrected chi connectivity index (χ3v) is 2.68. The molecule has 0 saturated carbocycles. The quantitative estimate of drug-likeness (QED) is 0.790. The minimum absolute atomic E-state index is 0.424. The molecule has 1 aromatic carbocycles. The Morgan fingerprint density at radius 2 is 2.00 bits per heavy atom. The van der Waals surface area contributed by atoms with E-state index in [0.717, 1.165) is 23.5 Å². The molecule has 1 heterocycles. The first-order chi connectivity index (χ1) is 7.33. The number of nitrogens with zero attached hydrogens (tertiary/aromatic N) is 1. The maximum Gasteiger partial charge on any atom is 0.121 e. The van der Waals surface area contributed by atoms with Crippen molar-refractivity contribution in [2.45, 2.75) is 19.2 Å². The lowest BCUT2D eigenvalue weighted by Gasteiger charge is -1.99. The Bertz CT molecular complexity index is 431.